The van der Waals surface area contributed by atoms with Crippen LogP contribution in [0.25, 0.3) is 0 Å². The van der Waals surface area contributed by atoms with Crippen molar-refractivity contribution in [1.29, 1.82) is 0 Å². The molecule has 1 heterocycles. The van der Waals surface area contributed by atoms with E-state index in [9.17, 15) is 5.11 Å². The van der Waals surface area contributed by atoms with Crippen LogP contribution in [0.5, 0.6) is 0 Å². The van der Waals surface area contributed by atoms with Gasteiger partial charge < -0.3 is 15.2 Å². The van der Waals surface area contributed by atoms with Crippen LogP contribution in [0.2, 0.25) is 0 Å². The molecule has 0 aromatic carbocycles. The molecule has 0 aromatic rings. The summed E-state index contributed by atoms with van der Waals surface area (Å²) in [5.41, 5.74) is 0. The molecule has 0 amide bonds. The summed E-state index contributed by atoms with van der Waals surface area (Å²) >= 11 is 0. The Labute approximate surface area is 86.8 Å². The molecule has 0 saturated carbocycles. The fraction of sp³-hybridized carbons (Fsp3) is 1.00. The van der Waals surface area contributed by atoms with E-state index in [4.69, 9.17) is 4.74 Å². The first kappa shape index (κ1) is 12.0. The van der Waals surface area contributed by atoms with Gasteiger partial charge >= 0.3 is 0 Å². The van der Waals surface area contributed by atoms with Crippen molar-refractivity contribution in [2.24, 2.45) is 11.8 Å². The Morgan fingerprint density at radius 1 is 1.50 bits per heavy atom. The molecule has 1 aliphatic heterocycles. The Bertz CT molecular complexity index is 144. The summed E-state index contributed by atoms with van der Waals surface area (Å²) in [5, 5.41) is 12.9. The largest absolute Gasteiger partial charge is 0.392 e. The zero-order valence-corrected chi connectivity index (χ0v) is 9.33. The van der Waals surface area contributed by atoms with E-state index in [0.717, 1.165) is 19.8 Å². The van der Waals surface area contributed by atoms with Gasteiger partial charge in [0.2, 0.25) is 0 Å². The number of aliphatic hydroxyl groups excluding tert-OH is 1. The molecule has 2 N–H and O–H groups in total. The number of ether oxygens (including phenoxy) is 1. The first-order valence-corrected chi connectivity index (χ1v) is 5.66. The van der Waals surface area contributed by atoms with E-state index in [0.29, 0.717) is 18.4 Å². The highest BCUT2D eigenvalue weighted by Crippen LogP contribution is 2.12. The average molecular weight is 201 g/mol. The summed E-state index contributed by atoms with van der Waals surface area (Å²) in [6, 6.07) is 0. The maximum Gasteiger partial charge on any atom is 0.0687 e. The lowest BCUT2D eigenvalue weighted by Gasteiger charge is -2.23. The smallest absolute Gasteiger partial charge is 0.0687 e. The molecule has 0 bridgehead atoms. The second-order valence-electron chi connectivity index (χ2n) is 4.55. The molecular weight excluding hydrogens is 178 g/mol. The normalized spacial score (nSPS) is 25.3. The van der Waals surface area contributed by atoms with E-state index in [1.54, 1.807) is 0 Å². The van der Waals surface area contributed by atoms with Crippen molar-refractivity contribution >= 4 is 0 Å². The van der Waals surface area contributed by atoms with Crippen LogP contribution in [0.1, 0.15) is 26.7 Å². The minimum absolute atomic E-state index is 0.223. The van der Waals surface area contributed by atoms with E-state index < -0.39 is 0 Å². The lowest BCUT2D eigenvalue weighted by atomic mass is 10.0. The van der Waals surface area contributed by atoms with Gasteiger partial charge in [-0.2, -0.15) is 0 Å². The van der Waals surface area contributed by atoms with Crippen LogP contribution in [0.4, 0.5) is 0 Å². The van der Waals surface area contributed by atoms with Gasteiger partial charge in [0, 0.05) is 19.7 Å². The van der Waals surface area contributed by atoms with E-state index in [1.807, 2.05) is 13.8 Å². The van der Waals surface area contributed by atoms with E-state index in [2.05, 4.69) is 5.32 Å². The topological polar surface area (TPSA) is 41.5 Å². The second kappa shape index (κ2) is 6.38. The van der Waals surface area contributed by atoms with Crippen LogP contribution in [-0.2, 0) is 4.74 Å². The fourth-order valence-corrected chi connectivity index (χ4v) is 1.64. The number of aliphatic hydroxyl groups is 1. The minimum Gasteiger partial charge on any atom is -0.392 e. The summed E-state index contributed by atoms with van der Waals surface area (Å²) in [7, 11) is 0. The molecule has 3 nitrogen and oxygen atoms in total. The highest BCUT2D eigenvalue weighted by Gasteiger charge is 2.14. The van der Waals surface area contributed by atoms with Crippen molar-refractivity contribution in [1.82, 2.24) is 5.32 Å². The van der Waals surface area contributed by atoms with Gasteiger partial charge in [0.05, 0.1) is 12.7 Å². The molecule has 0 aliphatic carbocycles. The lowest BCUT2D eigenvalue weighted by molar-refractivity contribution is 0.0519. The van der Waals surface area contributed by atoms with Gasteiger partial charge in [-0.25, -0.2) is 0 Å². The third-order valence-corrected chi connectivity index (χ3v) is 2.81. The van der Waals surface area contributed by atoms with E-state index in [-0.39, 0.29) is 6.10 Å². The molecule has 0 radical (unpaired) electrons. The Kier molecular flexibility index (Phi) is 5.45. The van der Waals surface area contributed by atoms with Crippen molar-refractivity contribution in [3.05, 3.63) is 0 Å². The Morgan fingerprint density at radius 3 is 2.86 bits per heavy atom. The molecule has 1 aliphatic rings. The Morgan fingerprint density at radius 2 is 2.29 bits per heavy atom. The lowest BCUT2D eigenvalue weighted by Crippen LogP contribution is -2.35. The van der Waals surface area contributed by atoms with E-state index >= 15 is 0 Å². The summed E-state index contributed by atoms with van der Waals surface area (Å²) in [4.78, 5) is 0. The minimum atomic E-state index is -0.223. The molecular formula is C11H23NO2. The monoisotopic (exact) mass is 201 g/mol. The van der Waals surface area contributed by atoms with Crippen LogP contribution < -0.4 is 5.32 Å². The summed E-state index contributed by atoms with van der Waals surface area (Å²) in [6.07, 6.45) is 2.21. The summed E-state index contributed by atoms with van der Waals surface area (Å²) < 4.78 is 5.38. The maximum absolute atomic E-state index is 9.56. The molecule has 2 unspecified atom stereocenters. The van der Waals surface area contributed by atoms with Gasteiger partial charge in [-0.15, -0.1) is 0 Å². The van der Waals surface area contributed by atoms with Gasteiger partial charge in [-0.1, -0.05) is 13.8 Å². The predicted molar refractivity (Wildman–Crippen MR) is 57.3 cm³/mol. The molecule has 3 heteroatoms. The average Bonchev–Trinajstić information content (AvgIpc) is 2.19. The van der Waals surface area contributed by atoms with Crippen molar-refractivity contribution in [2.45, 2.75) is 32.8 Å². The van der Waals surface area contributed by atoms with Crippen molar-refractivity contribution in [3.63, 3.8) is 0 Å². The van der Waals surface area contributed by atoms with Crippen LogP contribution in [0.3, 0.4) is 0 Å². The SMILES string of the molecule is CC(C)C(O)CNCC1CCCOC1. The second-order valence-corrected chi connectivity index (χ2v) is 4.55. The molecule has 1 saturated heterocycles. The molecule has 1 rings (SSSR count). The summed E-state index contributed by atoms with van der Waals surface area (Å²) in [6.45, 7) is 7.56. The molecule has 0 aromatic heterocycles. The number of hydrogen-bond acceptors (Lipinski definition) is 3. The van der Waals surface area contributed by atoms with Gasteiger partial charge in [0.15, 0.2) is 0 Å². The standard InChI is InChI=1S/C11H23NO2/c1-9(2)11(13)7-12-6-10-4-3-5-14-8-10/h9-13H,3-8H2,1-2H3. The predicted octanol–water partition coefficient (Wildman–Crippen LogP) is 1.02. The number of rotatable bonds is 5. The van der Waals surface area contributed by atoms with Crippen LogP contribution >= 0.6 is 0 Å². The Hall–Kier alpha value is -0.120. The molecule has 84 valence electrons. The van der Waals surface area contributed by atoms with Gasteiger partial charge in [0.25, 0.3) is 0 Å². The fourth-order valence-electron chi connectivity index (χ4n) is 1.64. The summed E-state index contributed by atoms with van der Waals surface area (Å²) in [5.74, 6) is 0.980. The zero-order valence-electron chi connectivity index (χ0n) is 9.33. The van der Waals surface area contributed by atoms with Crippen LogP contribution in [0.15, 0.2) is 0 Å². The highest BCUT2D eigenvalue weighted by molar-refractivity contribution is 4.68. The van der Waals surface area contributed by atoms with E-state index in [1.165, 1.54) is 12.8 Å². The third-order valence-electron chi connectivity index (χ3n) is 2.81. The third kappa shape index (κ3) is 4.40. The molecule has 14 heavy (non-hydrogen) atoms. The number of nitrogens with one attached hydrogen (secondary N) is 1. The van der Waals surface area contributed by atoms with Crippen LogP contribution in [-0.4, -0.2) is 37.5 Å². The highest BCUT2D eigenvalue weighted by atomic mass is 16.5. The molecule has 0 spiro atoms. The first-order valence-electron chi connectivity index (χ1n) is 5.66. The van der Waals surface area contributed by atoms with Crippen molar-refractivity contribution in [3.8, 4) is 0 Å². The van der Waals surface area contributed by atoms with Crippen molar-refractivity contribution in [2.75, 3.05) is 26.3 Å². The van der Waals surface area contributed by atoms with Gasteiger partial charge in [0.1, 0.15) is 0 Å². The van der Waals surface area contributed by atoms with Crippen LogP contribution in [0, 0.1) is 11.8 Å². The Balaban J connectivity index is 2.02. The zero-order chi connectivity index (χ0) is 10.4. The van der Waals surface area contributed by atoms with Gasteiger partial charge in [-0.3, -0.25) is 0 Å². The van der Waals surface area contributed by atoms with Crippen molar-refractivity contribution < 1.29 is 9.84 Å². The maximum atomic E-state index is 9.56. The first-order chi connectivity index (χ1) is 6.70. The van der Waals surface area contributed by atoms with Gasteiger partial charge in [-0.05, 0) is 24.7 Å². The molecule has 2 atom stereocenters. The quantitative estimate of drug-likeness (QED) is 0.698. The molecule has 1 fully saturated rings. The number of hydrogen-bond donors (Lipinski definition) is 2.